The summed E-state index contributed by atoms with van der Waals surface area (Å²) in [6, 6.07) is 6.12. The molecule has 4 N–H and O–H groups in total. The lowest BCUT2D eigenvalue weighted by Gasteiger charge is -2.23. The molecule has 1 rings (SSSR count). The van der Waals surface area contributed by atoms with Crippen LogP contribution in [0.3, 0.4) is 0 Å². The normalized spacial score (nSPS) is 12.2. The van der Waals surface area contributed by atoms with Crippen LogP contribution in [0.2, 0.25) is 0 Å². The number of hydrogen-bond donors (Lipinski definition) is 3. The van der Waals surface area contributed by atoms with Crippen molar-refractivity contribution in [1.82, 2.24) is 4.72 Å². The van der Waals surface area contributed by atoms with Gasteiger partial charge in [0.25, 0.3) is 0 Å². The van der Waals surface area contributed by atoms with Crippen LogP contribution < -0.4 is 15.8 Å². The third kappa shape index (κ3) is 3.93. The summed E-state index contributed by atoms with van der Waals surface area (Å²) in [5.41, 5.74) is 4.97. The molecule has 0 unspecified atom stereocenters. The fraction of sp³-hybridized carbons (Fsp3) is 0.417. The first-order chi connectivity index (χ1) is 8.69. The lowest BCUT2D eigenvalue weighted by molar-refractivity contribution is -0.121. The third-order valence-corrected chi connectivity index (χ3v) is 4.13. The summed E-state index contributed by atoms with van der Waals surface area (Å²) in [7, 11) is -3.46. The van der Waals surface area contributed by atoms with Gasteiger partial charge >= 0.3 is 0 Å². The van der Waals surface area contributed by atoms with E-state index in [4.69, 9.17) is 5.73 Å². The molecule has 1 aromatic rings. The fourth-order valence-corrected chi connectivity index (χ4v) is 2.45. The topological polar surface area (TPSA) is 101 Å². The number of benzene rings is 1. The maximum atomic E-state index is 11.7. The number of rotatable bonds is 6. The number of sulfonamides is 1. The van der Waals surface area contributed by atoms with E-state index >= 15 is 0 Å². The third-order valence-electron chi connectivity index (χ3n) is 2.57. The highest BCUT2D eigenvalue weighted by molar-refractivity contribution is 7.89. The Morgan fingerprint density at radius 2 is 1.79 bits per heavy atom. The zero-order valence-electron chi connectivity index (χ0n) is 11.2. The van der Waals surface area contributed by atoms with Gasteiger partial charge in [-0.1, -0.05) is 6.92 Å². The summed E-state index contributed by atoms with van der Waals surface area (Å²) >= 11 is 0. The minimum atomic E-state index is -3.46. The summed E-state index contributed by atoms with van der Waals surface area (Å²) in [5.74, 6) is -0.489. The van der Waals surface area contributed by atoms with E-state index in [0.717, 1.165) is 0 Å². The Labute approximate surface area is 113 Å². The van der Waals surface area contributed by atoms with E-state index in [-0.39, 0.29) is 4.90 Å². The average Bonchev–Trinajstić information content (AvgIpc) is 2.28. The van der Waals surface area contributed by atoms with Gasteiger partial charge in [0, 0.05) is 12.2 Å². The lowest BCUT2D eigenvalue weighted by Crippen LogP contribution is -2.45. The molecule has 0 atom stereocenters. The van der Waals surface area contributed by atoms with Crippen molar-refractivity contribution in [2.75, 3.05) is 11.9 Å². The first-order valence-corrected chi connectivity index (χ1v) is 7.35. The van der Waals surface area contributed by atoms with Crippen molar-refractivity contribution in [2.24, 2.45) is 5.73 Å². The van der Waals surface area contributed by atoms with Crippen LogP contribution >= 0.6 is 0 Å². The van der Waals surface area contributed by atoms with Crippen molar-refractivity contribution in [2.45, 2.75) is 31.2 Å². The molecule has 0 saturated heterocycles. The van der Waals surface area contributed by atoms with Gasteiger partial charge in [-0.05, 0) is 38.1 Å². The van der Waals surface area contributed by atoms with E-state index in [9.17, 15) is 13.2 Å². The number of hydrogen-bond acceptors (Lipinski definition) is 4. The number of carbonyl (C=O) groups excluding carboxylic acids is 1. The van der Waals surface area contributed by atoms with Gasteiger partial charge in [0.1, 0.15) is 5.54 Å². The molecular weight excluding hydrogens is 266 g/mol. The second-order valence-electron chi connectivity index (χ2n) is 4.64. The second kappa shape index (κ2) is 5.58. The van der Waals surface area contributed by atoms with Crippen molar-refractivity contribution in [3.63, 3.8) is 0 Å². The maximum absolute atomic E-state index is 11.7. The second-order valence-corrected chi connectivity index (χ2v) is 6.41. The van der Waals surface area contributed by atoms with Crippen molar-refractivity contribution >= 4 is 21.6 Å². The van der Waals surface area contributed by atoms with Crippen LogP contribution in [0.15, 0.2) is 29.2 Å². The first-order valence-electron chi connectivity index (χ1n) is 5.87. The molecule has 0 bridgehead atoms. The van der Waals surface area contributed by atoms with Gasteiger partial charge in [-0.25, -0.2) is 13.1 Å². The SMILES string of the molecule is CCNS(=O)(=O)c1ccc(NC(C)(C)C(N)=O)cc1. The standard InChI is InChI=1S/C12H19N3O3S/c1-4-14-19(17,18)10-7-5-9(6-8-10)15-12(2,3)11(13)16/h5-8,14-15H,4H2,1-3H3,(H2,13,16). The number of amides is 1. The van der Waals surface area contributed by atoms with Crippen LogP contribution in [-0.2, 0) is 14.8 Å². The van der Waals surface area contributed by atoms with Gasteiger partial charge in [-0.2, -0.15) is 0 Å². The zero-order chi connectivity index (χ0) is 14.7. The van der Waals surface area contributed by atoms with Gasteiger partial charge in [0.15, 0.2) is 0 Å². The Morgan fingerprint density at radius 3 is 2.21 bits per heavy atom. The maximum Gasteiger partial charge on any atom is 0.242 e. The number of carbonyl (C=O) groups is 1. The molecular formula is C12H19N3O3S. The molecule has 0 aliphatic carbocycles. The van der Waals surface area contributed by atoms with Gasteiger partial charge in [0.2, 0.25) is 15.9 Å². The van der Waals surface area contributed by atoms with Crippen molar-refractivity contribution in [1.29, 1.82) is 0 Å². The molecule has 0 aliphatic heterocycles. The van der Waals surface area contributed by atoms with Gasteiger partial charge in [-0.3, -0.25) is 4.79 Å². The quantitative estimate of drug-likeness (QED) is 0.714. The predicted octanol–water partition coefficient (Wildman–Crippen LogP) is 0.661. The largest absolute Gasteiger partial charge is 0.372 e. The summed E-state index contributed by atoms with van der Waals surface area (Å²) in [4.78, 5) is 11.4. The molecule has 19 heavy (non-hydrogen) atoms. The molecule has 1 aromatic carbocycles. The summed E-state index contributed by atoms with van der Waals surface area (Å²) < 4.78 is 25.9. The van der Waals surface area contributed by atoms with E-state index in [2.05, 4.69) is 10.0 Å². The van der Waals surface area contributed by atoms with E-state index in [1.54, 1.807) is 32.9 Å². The monoisotopic (exact) mass is 285 g/mol. The van der Waals surface area contributed by atoms with Crippen molar-refractivity contribution in [3.8, 4) is 0 Å². The van der Waals surface area contributed by atoms with Crippen molar-refractivity contribution in [3.05, 3.63) is 24.3 Å². The summed E-state index contributed by atoms with van der Waals surface area (Å²) in [6.45, 7) is 5.34. The average molecular weight is 285 g/mol. The van der Waals surface area contributed by atoms with Crippen LogP contribution in [0.1, 0.15) is 20.8 Å². The molecule has 0 fully saturated rings. The van der Waals surface area contributed by atoms with Crippen LogP contribution in [0.25, 0.3) is 0 Å². The summed E-state index contributed by atoms with van der Waals surface area (Å²) in [5, 5.41) is 2.94. The first kappa shape index (κ1) is 15.5. The molecule has 0 heterocycles. The van der Waals surface area contributed by atoms with E-state index < -0.39 is 21.5 Å². The number of nitrogens with two attached hydrogens (primary N) is 1. The lowest BCUT2D eigenvalue weighted by atomic mass is 10.0. The molecule has 0 aliphatic rings. The van der Waals surface area contributed by atoms with Crippen LogP contribution in [0, 0.1) is 0 Å². The van der Waals surface area contributed by atoms with E-state index in [1.165, 1.54) is 12.1 Å². The molecule has 6 nitrogen and oxygen atoms in total. The van der Waals surface area contributed by atoms with E-state index in [1.807, 2.05) is 0 Å². The Bertz CT molecular complexity index is 550. The number of anilines is 1. The van der Waals surface area contributed by atoms with Crippen LogP contribution in [0.5, 0.6) is 0 Å². The zero-order valence-corrected chi connectivity index (χ0v) is 12.0. The van der Waals surface area contributed by atoms with Crippen LogP contribution in [-0.4, -0.2) is 26.4 Å². The molecule has 0 aromatic heterocycles. The minimum absolute atomic E-state index is 0.178. The molecule has 1 amide bonds. The number of nitrogens with one attached hydrogen (secondary N) is 2. The molecule has 0 saturated carbocycles. The molecule has 0 radical (unpaired) electrons. The Kier molecular flexibility index (Phi) is 4.54. The van der Waals surface area contributed by atoms with Crippen molar-refractivity contribution < 1.29 is 13.2 Å². The minimum Gasteiger partial charge on any atom is -0.372 e. The number of primary amides is 1. The molecule has 7 heteroatoms. The van der Waals surface area contributed by atoms with Gasteiger partial charge < -0.3 is 11.1 Å². The Morgan fingerprint density at radius 1 is 1.26 bits per heavy atom. The Balaban J connectivity index is 2.92. The predicted molar refractivity (Wildman–Crippen MR) is 74.2 cm³/mol. The summed E-state index contributed by atoms with van der Waals surface area (Å²) in [6.07, 6.45) is 0. The molecule has 0 spiro atoms. The highest BCUT2D eigenvalue weighted by atomic mass is 32.2. The highest BCUT2D eigenvalue weighted by Gasteiger charge is 2.24. The smallest absolute Gasteiger partial charge is 0.242 e. The molecule has 106 valence electrons. The fourth-order valence-electron chi connectivity index (χ4n) is 1.41. The highest BCUT2D eigenvalue weighted by Crippen LogP contribution is 2.17. The Hall–Kier alpha value is -1.60. The van der Waals surface area contributed by atoms with Gasteiger partial charge in [-0.15, -0.1) is 0 Å². The van der Waals surface area contributed by atoms with E-state index in [0.29, 0.717) is 12.2 Å². The van der Waals surface area contributed by atoms with Crippen LogP contribution in [0.4, 0.5) is 5.69 Å². The van der Waals surface area contributed by atoms with Gasteiger partial charge in [0.05, 0.1) is 4.90 Å².